The van der Waals surface area contributed by atoms with Crippen LogP contribution in [0.5, 0.6) is 0 Å². The van der Waals surface area contributed by atoms with Crippen molar-refractivity contribution in [3.05, 3.63) is 54.1 Å². The first-order chi connectivity index (χ1) is 14.4. The van der Waals surface area contributed by atoms with Gasteiger partial charge in [-0.2, -0.15) is 13.2 Å². The highest BCUT2D eigenvalue weighted by molar-refractivity contribution is 5.81. The predicted molar refractivity (Wildman–Crippen MR) is 107 cm³/mol. The van der Waals surface area contributed by atoms with Crippen molar-refractivity contribution in [3.8, 4) is 11.1 Å². The maximum absolute atomic E-state index is 13.5. The van der Waals surface area contributed by atoms with Gasteiger partial charge in [0.2, 0.25) is 0 Å². The lowest BCUT2D eigenvalue weighted by atomic mass is 10.0. The molecule has 0 aliphatic heterocycles. The summed E-state index contributed by atoms with van der Waals surface area (Å²) in [6.45, 7) is 4.24. The van der Waals surface area contributed by atoms with E-state index >= 15 is 0 Å². The summed E-state index contributed by atoms with van der Waals surface area (Å²) in [5.41, 5.74) is 3.75. The molecule has 0 saturated heterocycles. The van der Waals surface area contributed by atoms with E-state index in [1.54, 1.807) is 13.0 Å². The van der Waals surface area contributed by atoms with Crippen LogP contribution in [0.3, 0.4) is 0 Å². The van der Waals surface area contributed by atoms with Crippen LogP contribution in [0, 0.1) is 18.7 Å². The van der Waals surface area contributed by atoms with Crippen molar-refractivity contribution in [2.24, 2.45) is 5.92 Å². The Kier molecular flexibility index (Phi) is 6.09. The number of halogens is 4. The van der Waals surface area contributed by atoms with E-state index in [-0.39, 0.29) is 5.82 Å². The number of aliphatic carboxylic acids is 1. The highest BCUT2D eigenvalue weighted by Crippen LogP contribution is 2.40. The Hall–Kier alpha value is -2.94. The van der Waals surface area contributed by atoms with Crippen LogP contribution in [-0.4, -0.2) is 37.5 Å². The molecule has 2 heterocycles. The third kappa shape index (κ3) is 5.41. The Morgan fingerprint density at radius 3 is 2.39 bits per heavy atom. The summed E-state index contributed by atoms with van der Waals surface area (Å²) in [5.74, 6) is -2.56. The third-order valence-corrected chi connectivity index (χ3v) is 5.30. The number of rotatable bonds is 4. The van der Waals surface area contributed by atoms with E-state index in [9.17, 15) is 22.7 Å². The number of carbonyl (C=O) groups is 1. The van der Waals surface area contributed by atoms with Gasteiger partial charge in [-0.3, -0.25) is 4.98 Å². The lowest BCUT2D eigenvalue weighted by Crippen LogP contribution is -2.32. The van der Waals surface area contributed by atoms with Gasteiger partial charge in [-0.05, 0) is 68.0 Å². The molecular formula is C22H22F4N2O3. The molecule has 31 heavy (non-hydrogen) atoms. The number of hydrogen-bond donors (Lipinski definition) is 2. The van der Waals surface area contributed by atoms with Crippen LogP contribution in [-0.2, 0) is 11.3 Å². The van der Waals surface area contributed by atoms with E-state index in [4.69, 9.17) is 9.90 Å². The molecular weight excluding hydrogens is 416 g/mol. The Morgan fingerprint density at radius 1 is 1.19 bits per heavy atom. The van der Waals surface area contributed by atoms with Crippen LogP contribution in [0.1, 0.15) is 25.3 Å². The molecule has 0 radical (unpaired) electrons. The van der Waals surface area contributed by atoms with Gasteiger partial charge >= 0.3 is 12.1 Å². The van der Waals surface area contributed by atoms with E-state index in [1.807, 2.05) is 31.5 Å². The average Bonchev–Trinajstić information content (AvgIpc) is 3.48. The maximum atomic E-state index is 13.5. The molecule has 4 rings (SSSR count). The highest BCUT2D eigenvalue weighted by Gasteiger charge is 2.40. The molecule has 1 aliphatic carbocycles. The number of nitrogens with zero attached hydrogens (tertiary/aromatic N) is 2. The van der Waals surface area contributed by atoms with Gasteiger partial charge in [0.05, 0.1) is 23.2 Å². The van der Waals surface area contributed by atoms with Crippen LogP contribution in [0.2, 0.25) is 0 Å². The number of fused-ring (bicyclic) bond motifs is 1. The molecule has 0 bridgehead atoms. The first-order valence-corrected chi connectivity index (χ1v) is 9.62. The number of pyridine rings is 1. The van der Waals surface area contributed by atoms with Crippen molar-refractivity contribution >= 4 is 17.0 Å². The fourth-order valence-electron chi connectivity index (χ4n) is 3.36. The van der Waals surface area contributed by atoms with Crippen molar-refractivity contribution in [2.75, 3.05) is 0 Å². The van der Waals surface area contributed by atoms with E-state index in [0.29, 0.717) is 18.0 Å². The normalized spacial score (nSPS) is 15.8. The van der Waals surface area contributed by atoms with Crippen LogP contribution in [0.15, 0.2) is 42.7 Å². The fourth-order valence-corrected chi connectivity index (χ4v) is 3.36. The van der Waals surface area contributed by atoms with Gasteiger partial charge in [0.15, 0.2) is 0 Å². The Labute approximate surface area is 176 Å². The second-order valence-electron chi connectivity index (χ2n) is 7.97. The summed E-state index contributed by atoms with van der Waals surface area (Å²) in [7, 11) is 0. The maximum Gasteiger partial charge on any atom is 0.490 e. The van der Waals surface area contributed by atoms with Gasteiger partial charge in [-0.1, -0.05) is 6.07 Å². The molecule has 5 nitrogen and oxygen atoms in total. The summed E-state index contributed by atoms with van der Waals surface area (Å²) in [6.07, 6.45) is 0.918. The second-order valence-corrected chi connectivity index (χ2v) is 7.97. The Balaban J connectivity index is 0.000000339. The number of aryl methyl sites for hydroxylation is 1. The number of alkyl halides is 3. The minimum atomic E-state index is -5.08. The SMILES string of the molecule is Cc1cc(-c2cnc3ccn(CC(C)(O)C4CC4)c3c2)ccc1F.O=C(O)C(F)(F)F. The molecule has 2 aromatic heterocycles. The van der Waals surface area contributed by atoms with Crippen LogP contribution < -0.4 is 0 Å². The Bertz CT molecular complexity index is 1100. The lowest BCUT2D eigenvalue weighted by Gasteiger charge is -2.24. The van der Waals surface area contributed by atoms with Crippen molar-refractivity contribution in [2.45, 2.75) is 45.0 Å². The molecule has 3 aromatic rings. The van der Waals surface area contributed by atoms with E-state index in [1.165, 1.54) is 6.07 Å². The molecule has 0 amide bonds. The number of carboxylic acids is 1. The van der Waals surface area contributed by atoms with Gasteiger partial charge in [0, 0.05) is 18.0 Å². The van der Waals surface area contributed by atoms with Gasteiger partial charge in [0.25, 0.3) is 0 Å². The van der Waals surface area contributed by atoms with Gasteiger partial charge in [-0.15, -0.1) is 0 Å². The number of hydrogen-bond acceptors (Lipinski definition) is 3. The molecule has 166 valence electrons. The van der Waals surface area contributed by atoms with Crippen molar-refractivity contribution < 1.29 is 32.6 Å². The zero-order valence-electron chi connectivity index (χ0n) is 16.9. The monoisotopic (exact) mass is 438 g/mol. The minimum Gasteiger partial charge on any atom is -0.475 e. The molecule has 1 aliphatic rings. The standard InChI is InChI=1S/C20H21FN2O.C2HF3O2/c1-13-9-14(3-6-17(13)21)15-10-19-18(22-11-15)7-8-23(19)12-20(2,24)16-4-5-16;3-2(4,5)1(6)7/h3,6-11,16,24H,4-5,12H2,1-2H3;(H,6,7). The first kappa shape index (κ1) is 22.7. The molecule has 9 heteroatoms. The van der Waals surface area contributed by atoms with Crippen LogP contribution >= 0.6 is 0 Å². The molecule has 1 unspecified atom stereocenters. The summed E-state index contributed by atoms with van der Waals surface area (Å²) in [5, 5.41) is 17.8. The molecule has 1 atom stereocenters. The van der Waals surface area contributed by atoms with Crippen LogP contribution in [0.4, 0.5) is 17.6 Å². The lowest BCUT2D eigenvalue weighted by molar-refractivity contribution is -0.192. The minimum absolute atomic E-state index is 0.198. The van der Waals surface area contributed by atoms with Gasteiger partial charge in [-0.25, -0.2) is 9.18 Å². The number of benzene rings is 1. The summed E-state index contributed by atoms with van der Waals surface area (Å²) >= 11 is 0. The Morgan fingerprint density at radius 2 is 1.84 bits per heavy atom. The van der Waals surface area contributed by atoms with Crippen molar-refractivity contribution in [1.82, 2.24) is 9.55 Å². The topological polar surface area (TPSA) is 75.3 Å². The van der Waals surface area contributed by atoms with E-state index < -0.39 is 17.7 Å². The fraction of sp³-hybridized carbons (Fsp3) is 0.364. The molecule has 2 N–H and O–H groups in total. The number of carboxylic acid groups (broad SMARTS) is 1. The summed E-state index contributed by atoms with van der Waals surface area (Å²) in [4.78, 5) is 13.4. The van der Waals surface area contributed by atoms with E-state index in [2.05, 4.69) is 15.6 Å². The smallest absolute Gasteiger partial charge is 0.475 e. The first-order valence-electron chi connectivity index (χ1n) is 9.62. The van der Waals surface area contributed by atoms with Gasteiger partial charge in [0.1, 0.15) is 5.82 Å². The molecule has 1 aromatic carbocycles. The summed E-state index contributed by atoms with van der Waals surface area (Å²) in [6, 6.07) is 9.15. The predicted octanol–water partition coefficient (Wildman–Crippen LogP) is 4.95. The third-order valence-electron chi connectivity index (χ3n) is 5.30. The molecule has 1 fully saturated rings. The summed E-state index contributed by atoms with van der Waals surface area (Å²) < 4.78 is 47.3. The zero-order chi connectivity index (χ0) is 23.0. The van der Waals surface area contributed by atoms with Crippen molar-refractivity contribution in [3.63, 3.8) is 0 Å². The van der Waals surface area contributed by atoms with Gasteiger partial charge < -0.3 is 14.8 Å². The zero-order valence-corrected chi connectivity index (χ0v) is 16.9. The molecule has 0 spiro atoms. The molecule has 1 saturated carbocycles. The number of aliphatic hydroxyl groups is 1. The highest BCUT2D eigenvalue weighted by atomic mass is 19.4. The largest absolute Gasteiger partial charge is 0.490 e. The van der Waals surface area contributed by atoms with Crippen molar-refractivity contribution in [1.29, 1.82) is 0 Å². The second kappa shape index (κ2) is 8.30. The number of aromatic nitrogens is 2. The average molecular weight is 438 g/mol. The van der Waals surface area contributed by atoms with Crippen LogP contribution in [0.25, 0.3) is 22.2 Å². The van der Waals surface area contributed by atoms with E-state index in [0.717, 1.165) is 35.0 Å². The quantitative estimate of drug-likeness (QED) is 0.566.